The number of hydrogen-bond donors (Lipinski definition) is 1. The summed E-state index contributed by atoms with van der Waals surface area (Å²) in [4.78, 5) is 2.29. The minimum atomic E-state index is 0.577. The van der Waals surface area contributed by atoms with Gasteiger partial charge >= 0.3 is 0 Å². The molecule has 2 atom stereocenters. The fourth-order valence-electron chi connectivity index (χ4n) is 2.44. The van der Waals surface area contributed by atoms with E-state index in [-0.39, 0.29) is 0 Å². The molecule has 0 aromatic heterocycles. The smallest absolute Gasteiger partial charge is 0.0866 e. The second-order valence-electron chi connectivity index (χ2n) is 5.24. The van der Waals surface area contributed by atoms with Crippen molar-refractivity contribution in [2.75, 3.05) is 26.2 Å². The van der Waals surface area contributed by atoms with Crippen LogP contribution in [0.25, 0.3) is 0 Å². The minimum absolute atomic E-state index is 0.577. The lowest BCUT2D eigenvalue weighted by molar-refractivity contribution is 0.128. The van der Waals surface area contributed by atoms with E-state index in [1.807, 2.05) is 0 Å². The Labute approximate surface area is 99.8 Å². The first-order valence-electron chi connectivity index (χ1n) is 6.50. The van der Waals surface area contributed by atoms with Crippen molar-refractivity contribution in [2.24, 2.45) is 11.8 Å². The standard InChI is InChI=1S/C13H25N3/c1-4-6-15-13-8-12(11(2)3)9-16(10-13)7-5-14/h11-13,15H,4,6-10H2,1-3H3. The van der Waals surface area contributed by atoms with Crippen LogP contribution in [0.4, 0.5) is 0 Å². The Hall–Kier alpha value is -0.590. The van der Waals surface area contributed by atoms with Gasteiger partial charge in [0.25, 0.3) is 0 Å². The van der Waals surface area contributed by atoms with Crippen LogP contribution in [0.1, 0.15) is 33.6 Å². The average Bonchev–Trinajstić information content (AvgIpc) is 2.26. The fraction of sp³-hybridized carbons (Fsp3) is 0.923. The van der Waals surface area contributed by atoms with E-state index in [0.29, 0.717) is 18.5 Å². The van der Waals surface area contributed by atoms with Gasteiger partial charge in [0.15, 0.2) is 0 Å². The molecule has 16 heavy (non-hydrogen) atoms. The molecule has 1 saturated heterocycles. The van der Waals surface area contributed by atoms with Crippen LogP contribution in [0.15, 0.2) is 0 Å². The Morgan fingerprint density at radius 1 is 1.44 bits per heavy atom. The number of nitrogens with zero attached hydrogens (tertiary/aromatic N) is 2. The van der Waals surface area contributed by atoms with E-state index in [0.717, 1.165) is 25.6 Å². The predicted molar refractivity (Wildman–Crippen MR) is 67.1 cm³/mol. The third kappa shape index (κ3) is 4.11. The minimum Gasteiger partial charge on any atom is -0.313 e. The molecule has 0 bridgehead atoms. The van der Waals surface area contributed by atoms with E-state index in [9.17, 15) is 0 Å². The number of rotatable bonds is 5. The maximum absolute atomic E-state index is 8.79. The molecule has 0 saturated carbocycles. The molecule has 0 aliphatic carbocycles. The maximum Gasteiger partial charge on any atom is 0.0866 e. The average molecular weight is 223 g/mol. The molecule has 2 unspecified atom stereocenters. The fourth-order valence-corrected chi connectivity index (χ4v) is 2.44. The Morgan fingerprint density at radius 3 is 2.75 bits per heavy atom. The number of likely N-dealkylation sites (tertiary alicyclic amines) is 1. The zero-order chi connectivity index (χ0) is 12.0. The second-order valence-corrected chi connectivity index (χ2v) is 5.24. The lowest BCUT2D eigenvalue weighted by Gasteiger charge is -2.38. The van der Waals surface area contributed by atoms with Gasteiger partial charge in [0.05, 0.1) is 12.6 Å². The van der Waals surface area contributed by atoms with E-state index in [1.165, 1.54) is 12.8 Å². The van der Waals surface area contributed by atoms with E-state index in [4.69, 9.17) is 5.26 Å². The number of nitrogens with one attached hydrogen (secondary N) is 1. The van der Waals surface area contributed by atoms with Crippen molar-refractivity contribution in [2.45, 2.75) is 39.7 Å². The third-order valence-corrected chi connectivity index (χ3v) is 3.48. The Balaban J connectivity index is 2.49. The quantitative estimate of drug-likeness (QED) is 0.723. The molecule has 1 fully saturated rings. The van der Waals surface area contributed by atoms with Crippen LogP contribution in [-0.2, 0) is 0 Å². The molecule has 0 aromatic rings. The third-order valence-electron chi connectivity index (χ3n) is 3.48. The highest BCUT2D eigenvalue weighted by molar-refractivity contribution is 4.88. The van der Waals surface area contributed by atoms with Crippen molar-refractivity contribution in [1.82, 2.24) is 10.2 Å². The highest BCUT2D eigenvalue weighted by Gasteiger charge is 2.28. The van der Waals surface area contributed by atoms with Crippen molar-refractivity contribution < 1.29 is 0 Å². The lowest BCUT2D eigenvalue weighted by Crippen LogP contribution is -2.50. The Bertz CT molecular complexity index is 232. The molecule has 92 valence electrons. The van der Waals surface area contributed by atoms with Crippen molar-refractivity contribution in [1.29, 1.82) is 5.26 Å². The summed E-state index contributed by atoms with van der Waals surface area (Å²) >= 11 is 0. The first kappa shape index (κ1) is 13.5. The number of nitriles is 1. The van der Waals surface area contributed by atoms with Crippen LogP contribution in [0, 0.1) is 23.2 Å². The summed E-state index contributed by atoms with van der Waals surface area (Å²) in [6, 6.07) is 2.85. The van der Waals surface area contributed by atoms with Gasteiger partial charge in [0.2, 0.25) is 0 Å². The van der Waals surface area contributed by atoms with Gasteiger partial charge < -0.3 is 5.32 Å². The highest BCUT2D eigenvalue weighted by atomic mass is 15.2. The predicted octanol–water partition coefficient (Wildman–Crippen LogP) is 1.86. The van der Waals surface area contributed by atoms with E-state index < -0.39 is 0 Å². The van der Waals surface area contributed by atoms with E-state index in [2.05, 4.69) is 37.1 Å². The summed E-state index contributed by atoms with van der Waals surface area (Å²) in [5.74, 6) is 1.45. The number of piperidine rings is 1. The van der Waals surface area contributed by atoms with E-state index >= 15 is 0 Å². The molecular formula is C13H25N3. The van der Waals surface area contributed by atoms with Crippen LogP contribution in [0.2, 0.25) is 0 Å². The monoisotopic (exact) mass is 223 g/mol. The van der Waals surface area contributed by atoms with Gasteiger partial charge in [-0.25, -0.2) is 0 Å². The van der Waals surface area contributed by atoms with Crippen molar-refractivity contribution >= 4 is 0 Å². The van der Waals surface area contributed by atoms with Crippen LogP contribution in [0.3, 0.4) is 0 Å². The SMILES string of the molecule is CCCNC1CC(C(C)C)CN(CC#N)C1. The van der Waals surface area contributed by atoms with Crippen molar-refractivity contribution in [3.8, 4) is 6.07 Å². The van der Waals surface area contributed by atoms with Gasteiger partial charge in [-0.05, 0) is 31.2 Å². The van der Waals surface area contributed by atoms with E-state index in [1.54, 1.807) is 0 Å². The van der Waals surface area contributed by atoms with Crippen LogP contribution in [-0.4, -0.2) is 37.1 Å². The van der Waals surface area contributed by atoms with Crippen molar-refractivity contribution in [3.05, 3.63) is 0 Å². The molecule has 1 N–H and O–H groups in total. The summed E-state index contributed by atoms with van der Waals surface area (Å²) in [6.45, 7) is 10.6. The molecule has 3 nitrogen and oxygen atoms in total. The first-order chi connectivity index (χ1) is 7.67. The van der Waals surface area contributed by atoms with Crippen LogP contribution in [0.5, 0.6) is 0 Å². The zero-order valence-corrected chi connectivity index (χ0v) is 10.9. The second kappa shape index (κ2) is 6.88. The number of hydrogen-bond acceptors (Lipinski definition) is 3. The van der Waals surface area contributed by atoms with Crippen molar-refractivity contribution in [3.63, 3.8) is 0 Å². The van der Waals surface area contributed by atoms with Crippen LogP contribution < -0.4 is 5.32 Å². The molecule has 0 spiro atoms. The first-order valence-corrected chi connectivity index (χ1v) is 6.50. The largest absolute Gasteiger partial charge is 0.313 e. The zero-order valence-electron chi connectivity index (χ0n) is 10.9. The highest BCUT2D eigenvalue weighted by Crippen LogP contribution is 2.23. The van der Waals surface area contributed by atoms with Crippen LogP contribution >= 0.6 is 0 Å². The van der Waals surface area contributed by atoms with Gasteiger partial charge in [0, 0.05) is 19.1 Å². The topological polar surface area (TPSA) is 39.1 Å². The molecular weight excluding hydrogens is 198 g/mol. The van der Waals surface area contributed by atoms with Gasteiger partial charge in [-0.2, -0.15) is 5.26 Å². The molecule has 1 aliphatic heterocycles. The van der Waals surface area contributed by atoms with Gasteiger partial charge in [-0.3, -0.25) is 4.90 Å². The summed E-state index contributed by atoms with van der Waals surface area (Å²) in [7, 11) is 0. The lowest BCUT2D eigenvalue weighted by atomic mass is 9.85. The molecule has 3 heteroatoms. The molecule has 1 aliphatic rings. The normalized spacial score (nSPS) is 26.9. The summed E-state index contributed by atoms with van der Waals surface area (Å²) in [5, 5.41) is 12.4. The molecule has 0 radical (unpaired) electrons. The maximum atomic E-state index is 8.79. The molecule has 0 aromatic carbocycles. The summed E-state index contributed by atoms with van der Waals surface area (Å²) in [6.07, 6.45) is 2.45. The molecule has 1 rings (SSSR count). The summed E-state index contributed by atoms with van der Waals surface area (Å²) < 4.78 is 0. The van der Waals surface area contributed by atoms with Gasteiger partial charge in [-0.15, -0.1) is 0 Å². The molecule has 0 amide bonds. The Morgan fingerprint density at radius 2 is 2.19 bits per heavy atom. The Kier molecular flexibility index (Phi) is 5.79. The van der Waals surface area contributed by atoms with Gasteiger partial charge in [0.1, 0.15) is 0 Å². The summed E-state index contributed by atoms with van der Waals surface area (Å²) in [5.41, 5.74) is 0. The van der Waals surface area contributed by atoms with Gasteiger partial charge in [-0.1, -0.05) is 20.8 Å². The molecule has 1 heterocycles.